The van der Waals surface area contributed by atoms with E-state index in [-0.39, 0.29) is 39.7 Å². The minimum atomic E-state index is -1.36. The third-order valence-corrected chi connectivity index (χ3v) is 5.88. The average Bonchev–Trinajstić information content (AvgIpc) is 3.20. The van der Waals surface area contributed by atoms with Gasteiger partial charge in [-0.2, -0.15) is 12.2 Å². The summed E-state index contributed by atoms with van der Waals surface area (Å²) in [4.78, 5) is 0. The Morgan fingerprint density at radius 1 is 0.781 bits per heavy atom. The van der Waals surface area contributed by atoms with Crippen LogP contribution in [-0.4, -0.2) is 35.7 Å². The molecule has 0 aromatic heterocycles. The van der Waals surface area contributed by atoms with Crippen molar-refractivity contribution in [1.82, 2.24) is 0 Å². The Hall–Kier alpha value is 0.994. The molecule has 8 heteroatoms. The van der Waals surface area contributed by atoms with E-state index in [1.54, 1.807) is 23.3 Å². The van der Waals surface area contributed by atoms with Crippen LogP contribution in [0.15, 0.2) is 35.5 Å². The van der Waals surface area contributed by atoms with Gasteiger partial charge in [-0.05, 0) is 66.0 Å². The van der Waals surface area contributed by atoms with Gasteiger partial charge in [0.25, 0.3) is 0 Å². The topological polar surface area (TPSA) is 18.5 Å². The van der Waals surface area contributed by atoms with Crippen LogP contribution in [0.5, 0.6) is 0 Å². The second-order valence-corrected chi connectivity index (χ2v) is 18.0. The van der Waals surface area contributed by atoms with Gasteiger partial charge in [-0.3, -0.25) is 12.2 Å². The van der Waals surface area contributed by atoms with E-state index in [9.17, 15) is 0 Å². The predicted octanol–water partition coefficient (Wildman–Crippen LogP) is 7.44. The quantitative estimate of drug-likeness (QED) is 0.209. The van der Waals surface area contributed by atoms with E-state index in [2.05, 4.69) is 89.6 Å². The van der Waals surface area contributed by atoms with Crippen molar-refractivity contribution in [3.8, 4) is 0 Å². The van der Waals surface area contributed by atoms with Crippen molar-refractivity contribution in [2.45, 2.75) is 91.0 Å². The van der Waals surface area contributed by atoms with Gasteiger partial charge in [-0.15, -0.1) is 37.7 Å². The van der Waals surface area contributed by atoms with E-state index in [1.165, 1.54) is 11.1 Å². The van der Waals surface area contributed by atoms with Gasteiger partial charge in [-0.1, -0.05) is 0 Å². The standard InChI is InChI=1S/2C11H19OSi.2CH3.2ClH.H2Si.Zr/c2*1-10(12-13(2,3)4)9-11-7-5-6-8-11;;;;;;/h2*5,7,10H,6,9H2,1-4H3;2*1H3;2*1H;1H2;/q4*-1;;;;. The fraction of sp³-hybridized carbons (Fsp3) is 0.583. The molecule has 0 radical (unpaired) electrons. The first-order valence-electron chi connectivity index (χ1n) is 10.2. The Bertz CT molecular complexity index is 531. The number of hydrogen-bond donors (Lipinski definition) is 0. The molecule has 0 spiro atoms. The molecule has 0 aromatic rings. The van der Waals surface area contributed by atoms with Gasteiger partial charge in [0.1, 0.15) is 0 Å². The molecule has 2 aliphatic carbocycles. The molecule has 2 aliphatic rings. The molecule has 0 heterocycles. The summed E-state index contributed by atoms with van der Waals surface area (Å²) in [7, 11) is -2.71. The number of allylic oxidation sites excluding steroid dienone is 6. The second-order valence-electron chi connectivity index (χ2n) is 9.11. The molecule has 0 aromatic carbocycles. The van der Waals surface area contributed by atoms with Gasteiger partial charge in [0, 0.05) is 12.2 Å². The van der Waals surface area contributed by atoms with E-state index in [4.69, 9.17) is 8.85 Å². The SMILES string of the molecule is CC(CC1=[C-]CC=C1)O[Si](C)(C)C.CC(CC1=[C-]CC=C1)O[Si](C)(C)C.Cl.Cl.[CH3-].[CH3-].[SiH2]=[Zr]. The van der Waals surface area contributed by atoms with Crippen LogP contribution >= 0.6 is 24.8 Å². The third-order valence-electron chi connectivity index (χ3n) is 3.66. The van der Waals surface area contributed by atoms with Crippen molar-refractivity contribution in [2.24, 2.45) is 0 Å². The van der Waals surface area contributed by atoms with Crippen molar-refractivity contribution >= 4 is 48.3 Å². The van der Waals surface area contributed by atoms with E-state index in [1.807, 2.05) is 6.88 Å². The van der Waals surface area contributed by atoms with Crippen LogP contribution in [0.3, 0.4) is 0 Å². The summed E-state index contributed by atoms with van der Waals surface area (Å²) < 4.78 is 11.9. The Balaban J connectivity index is -0.000000126. The summed E-state index contributed by atoms with van der Waals surface area (Å²) >= 11 is 1.58. The summed E-state index contributed by atoms with van der Waals surface area (Å²) in [5.74, 6) is 0. The molecule has 2 rings (SSSR count). The van der Waals surface area contributed by atoms with Crippen molar-refractivity contribution in [1.29, 1.82) is 0 Å². The van der Waals surface area contributed by atoms with Crippen LogP contribution in [0.25, 0.3) is 0 Å². The molecule has 0 aliphatic heterocycles. The average molecular weight is 615 g/mol. The molecule has 0 N–H and O–H groups in total. The number of halogens is 2. The Morgan fingerprint density at radius 2 is 1.06 bits per heavy atom. The molecular weight excluding hydrogens is 567 g/mol. The third kappa shape index (κ3) is 25.6. The van der Waals surface area contributed by atoms with Crippen LogP contribution in [0.1, 0.15) is 39.5 Å². The van der Waals surface area contributed by atoms with Crippen molar-refractivity contribution < 1.29 is 32.2 Å². The predicted molar refractivity (Wildman–Crippen MR) is 154 cm³/mol. The van der Waals surface area contributed by atoms with E-state index in [0.717, 1.165) is 25.7 Å². The zero-order chi connectivity index (χ0) is 21.8. The molecule has 0 bridgehead atoms. The van der Waals surface area contributed by atoms with Gasteiger partial charge in [0.15, 0.2) is 16.6 Å². The maximum absolute atomic E-state index is 5.94. The molecule has 2 atom stereocenters. The maximum atomic E-state index is 5.94. The monoisotopic (exact) mass is 612 g/mol. The normalized spacial score (nSPS) is 15.5. The Labute approximate surface area is 232 Å². The zero-order valence-corrected chi connectivity index (χ0v) is 29.6. The first kappa shape index (κ1) is 43.1. The van der Waals surface area contributed by atoms with E-state index in [0.29, 0.717) is 12.2 Å². The molecule has 2 unspecified atom stereocenters. The summed E-state index contributed by atoms with van der Waals surface area (Å²) in [6.07, 6.45) is 19.9. The van der Waals surface area contributed by atoms with Crippen LogP contribution in [-0.2, 0) is 32.2 Å². The van der Waals surface area contributed by atoms with Crippen molar-refractivity contribution in [3.63, 3.8) is 0 Å². The van der Waals surface area contributed by atoms with E-state index < -0.39 is 16.6 Å². The van der Waals surface area contributed by atoms with Crippen LogP contribution in [0.2, 0.25) is 39.3 Å². The summed E-state index contributed by atoms with van der Waals surface area (Å²) in [5, 5.41) is 0. The molecular formula is C24H48Cl2O2Si3Zr-4. The van der Waals surface area contributed by atoms with Gasteiger partial charge in [0.05, 0.1) is 0 Å². The minimum absolute atomic E-state index is 0. The van der Waals surface area contributed by atoms with Crippen LogP contribution in [0, 0.1) is 27.0 Å². The molecule has 0 fully saturated rings. The zero-order valence-electron chi connectivity index (χ0n) is 22.1. The van der Waals surface area contributed by atoms with E-state index >= 15 is 0 Å². The summed E-state index contributed by atoms with van der Waals surface area (Å²) in [6.45, 7) is 19.6. The molecule has 0 saturated heterocycles. The van der Waals surface area contributed by atoms with Gasteiger partial charge in [-0.25, -0.2) is 23.3 Å². The fourth-order valence-electron chi connectivity index (χ4n) is 3.09. The fourth-order valence-corrected chi connectivity index (χ4v) is 5.67. The first-order valence-corrected chi connectivity index (χ1v) is 22.9. The molecule has 32 heavy (non-hydrogen) atoms. The Morgan fingerprint density at radius 3 is 1.25 bits per heavy atom. The van der Waals surface area contributed by atoms with Crippen LogP contribution < -0.4 is 0 Å². The van der Waals surface area contributed by atoms with Crippen LogP contribution in [0.4, 0.5) is 0 Å². The molecule has 2 nitrogen and oxygen atoms in total. The van der Waals surface area contributed by atoms with Gasteiger partial charge in [0.2, 0.25) is 0 Å². The van der Waals surface area contributed by atoms with Crippen molar-refractivity contribution in [2.75, 3.05) is 0 Å². The molecule has 190 valence electrons. The Kier molecular flexibility index (Phi) is 30.2. The first-order chi connectivity index (χ1) is 12.9. The number of hydrogen-bond acceptors (Lipinski definition) is 2. The number of rotatable bonds is 8. The van der Waals surface area contributed by atoms with Crippen molar-refractivity contribution in [3.05, 3.63) is 62.5 Å². The van der Waals surface area contributed by atoms with Gasteiger partial charge < -0.3 is 23.7 Å². The summed E-state index contributed by atoms with van der Waals surface area (Å²) in [6, 6.07) is 0. The van der Waals surface area contributed by atoms with Gasteiger partial charge >= 0.3 is 30.2 Å². The summed E-state index contributed by atoms with van der Waals surface area (Å²) in [5.41, 5.74) is 2.62. The second kappa shape index (κ2) is 22.5. The molecule has 0 saturated carbocycles. The molecule has 0 amide bonds.